The topological polar surface area (TPSA) is 88.6 Å². The Balaban J connectivity index is 1.46. The van der Waals surface area contributed by atoms with Gasteiger partial charge >= 0.3 is 0 Å². The normalized spacial score (nSPS) is 23.3. The number of hydrogen-bond acceptors (Lipinski definition) is 8. The van der Waals surface area contributed by atoms with E-state index < -0.39 is 0 Å². The molecule has 0 bridgehead atoms. The largest absolute Gasteiger partial charge is 0.382 e. The van der Waals surface area contributed by atoms with Gasteiger partial charge in [0.2, 0.25) is 0 Å². The first kappa shape index (κ1) is 18.0. The average molecular weight is 372 g/mol. The van der Waals surface area contributed by atoms with Gasteiger partial charge in [0.1, 0.15) is 23.8 Å². The molecular weight excluding hydrogens is 344 g/mol. The number of nitrogens with zero attached hydrogens (tertiary/aromatic N) is 7. The van der Waals surface area contributed by atoms with Gasteiger partial charge in [0.25, 0.3) is 0 Å². The van der Waals surface area contributed by atoms with E-state index in [0.29, 0.717) is 17.9 Å². The molecule has 4 heterocycles. The van der Waals surface area contributed by atoms with Gasteiger partial charge in [-0.1, -0.05) is 0 Å². The maximum Gasteiger partial charge on any atom is 0.145 e. The van der Waals surface area contributed by atoms with E-state index in [2.05, 4.69) is 49.9 Å². The highest BCUT2D eigenvalue weighted by atomic mass is 16.5. The van der Waals surface area contributed by atoms with Crippen molar-refractivity contribution in [3.63, 3.8) is 0 Å². The van der Waals surface area contributed by atoms with Crippen molar-refractivity contribution < 1.29 is 4.74 Å². The van der Waals surface area contributed by atoms with Crippen molar-refractivity contribution in [1.29, 1.82) is 0 Å². The van der Waals surface area contributed by atoms with E-state index in [1.807, 2.05) is 16.9 Å². The summed E-state index contributed by atoms with van der Waals surface area (Å²) in [5.74, 6) is 2.49. The second kappa shape index (κ2) is 7.32. The highest BCUT2D eigenvalue weighted by Gasteiger charge is 2.35. The second-order valence-corrected chi connectivity index (χ2v) is 7.68. The molecular formula is C18H28N8O. The zero-order chi connectivity index (χ0) is 19.0. The summed E-state index contributed by atoms with van der Waals surface area (Å²) in [7, 11) is 5.99. The highest BCUT2D eigenvalue weighted by molar-refractivity contribution is 5.53. The maximum atomic E-state index is 5.72. The van der Waals surface area contributed by atoms with E-state index in [9.17, 15) is 0 Å². The maximum absolute atomic E-state index is 5.72. The van der Waals surface area contributed by atoms with Gasteiger partial charge in [-0.15, -0.1) is 0 Å². The number of ether oxygens (including phenoxy) is 1. The van der Waals surface area contributed by atoms with E-state index in [-0.39, 0.29) is 6.10 Å². The second-order valence-electron chi connectivity index (χ2n) is 7.68. The van der Waals surface area contributed by atoms with E-state index in [4.69, 9.17) is 10.5 Å². The van der Waals surface area contributed by atoms with E-state index >= 15 is 0 Å². The van der Waals surface area contributed by atoms with Crippen LogP contribution in [-0.2, 0) is 4.74 Å². The van der Waals surface area contributed by atoms with Gasteiger partial charge in [0, 0.05) is 51.6 Å². The van der Waals surface area contributed by atoms with Crippen LogP contribution in [0.25, 0.3) is 0 Å². The van der Waals surface area contributed by atoms with Crippen LogP contribution in [0.4, 0.5) is 17.5 Å². The predicted molar refractivity (Wildman–Crippen MR) is 105 cm³/mol. The summed E-state index contributed by atoms with van der Waals surface area (Å²) in [5, 5.41) is 4.30. The Labute approximate surface area is 159 Å². The number of hydrogen-bond donors (Lipinski definition) is 1. The molecule has 2 aliphatic heterocycles. The van der Waals surface area contributed by atoms with Crippen molar-refractivity contribution in [3.05, 3.63) is 24.7 Å². The molecule has 0 amide bonds. The number of rotatable bonds is 6. The fourth-order valence-electron chi connectivity index (χ4n) is 3.95. The first-order chi connectivity index (χ1) is 13.0. The van der Waals surface area contributed by atoms with Crippen LogP contribution in [0.1, 0.15) is 12.5 Å². The van der Waals surface area contributed by atoms with E-state index in [1.165, 1.54) is 0 Å². The van der Waals surface area contributed by atoms with Crippen molar-refractivity contribution >= 4 is 17.5 Å². The first-order valence-corrected chi connectivity index (χ1v) is 9.35. The van der Waals surface area contributed by atoms with Crippen molar-refractivity contribution in [2.75, 3.05) is 62.9 Å². The Morgan fingerprint density at radius 1 is 1.22 bits per heavy atom. The number of aromatic nitrogens is 4. The van der Waals surface area contributed by atoms with Crippen molar-refractivity contribution in [2.45, 2.75) is 24.6 Å². The summed E-state index contributed by atoms with van der Waals surface area (Å²) >= 11 is 0. The molecule has 2 saturated heterocycles. The molecule has 0 unspecified atom stereocenters. The molecule has 2 N–H and O–H groups in total. The van der Waals surface area contributed by atoms with Crippen molar-refractivity contribution in [1.82, 2.24) is 24.6 Å². The SMILES string of the molecule is CO[C@H]1C[C@@H](CN(C)C)N(c2cc(N3CC(n4ccc(N)n4)C3)ncn2)C1. The zero-order valence-electron chi connectivity index (χ0n) is 16.2. The molecule has 9 heteroatoms. The molecule has 2 aromatic rings. The number of nitrogen functional groups attached to an aromatic ring is 1. The quantitative estimate of drug-likeness (QED) is 0.783. The van der Waals surface area contributed by atoms with Crippen LogP contribution in [0, 0.1) is 0 Å². The summed E-state index contributed by atoms with van der Waals surface area (Å²) < 4.78 is 7.55. The zero-order valence-corrected chi connectivity index (χ0v) is 16.2. The molecule has 2 aliphatic rings. The van der Waals surface area contributed by atoms with Gasteiger partial charge < -0.3 is 25.2 Å². The van der Waals surface area contributed by atoms with Gasteiger partial charge in [0.05, 0.1) is 12.1 Å². The van der Waals surface area contributed by atoms with Gasteiger partial charge in [-0.2, -0.15) is 5.10 Å². The summed E-state index contributed by atoms with van der Waals surface area (Å²) in [6, 6.07) is 4.65. The molecule has 2 aromatic heterocycles. The van der Waals surface area contributed by atoms with Crippen LogP contribution >= 0.6 is 0 Å². The molecule has 2 fully saturated rings. The summed E-state index contributed by atoms with van der Waals surface area (Å²) in [4.78, 5) is 15.8. The Bertz CT molecular complexity index is 772. The molecule has 2 atom stereocenters. The number of anilines is 3. The van der Waals surface area contributed by atoms with Crippen LogP contribution in [0.3, 0.4) is 0 Å². The first-order valence-electron chi connectivity index (χ1n) is 9.35. The Hall–Kier alpha value is -2.39. The van der Waals surface area contributed by atoms with Crippen LogP contribution in [0.2, 0.25) is 0 Å². The number of methoxy groups -OCH3 is 1. The lowest BCUT2D eigenvalue weighted by Gasteiger charge is -2.40. The van der Waals surface area contributed by atoms with E-state index in [1.54, 1.807) is 13.4 Å². The third kappa shape index (κ3) is 3.70. The third-order valence-corrected chi connectivity index (χ3v) is 5.41. The average Bonchev–Trinajstić information content (AvgIpc) is 3.20. The molecule has 0 saturated carbocycles. The van der Waals surface area contributed by atoms with Crippen LogP contribution < -0.4 is 15.5 Å². The lowest BCUT2D eigenvalue weighted by molar-refractivity contribution is 0.117. The molecule has 0 aliphatic carbocycles. The van der Waals surface area contributed by atoms with E-state index in [0.717, 1.165) is 44.2 Å². The molecule has 4 rings (SSSR count). The van der Waals surface area contributed by atoms with Gasteiger partial charge in [0.15, 0.2) is 0 Å². The fraction of sp³-hybridized carbons (Fsp3) is 0.611. The van der Waals surface area contributed by atoms with Crippen LogP contribution in [0.15, 0.2) is 24.7 Å². The molecule has 0 aromatic carbocycles. The standard InChI is InChI=1S/C18H28N8O/c1-23(2)8-13-6-15(27-3)11-25(13)18-7-17(20-12-21-18)24-9-14(10-24)26-5-4-16(19)22-26/h4-5,7,12-15H,6,8-11H2,1-3H3,(H2,19,22)/t13-,15-/m0/s1. The summed E-state index contributed by atoms with van der Waals surface area (Å²) in [6.07, 6.45) is 4.85. The Kier molecular flexibility index (Phi) is 4.88. The van der Waals surface area contributed by atoms with Gasteiger partial charge in [-0.25, -0.2) is 9.97 Å². The monoisotopic (exact) mass is 372 g/mol. The molecule has 27 heavy (non-hydrogen) atoms. The minimum absolute atomic E-state index is 0.243. The van der Waals surface area contributed by atoms with Crippen LogP contribution in [-0.4, -0.2) is 84.2 Å². The predicted octanol–water partition coefficient (Wildman–Crippen LogP) is 0.472. The lowest BCUT2D eigenvalue weighted by atomic mass is 10.1. The molecule has 9 nitrogen and oxygen atoms in total. The van der Waals surface area contributed by atoms with Gasteiger partial charge in [-0.3, -0.25) is 4.68 Å². The third-order valence-electron chi connectivity index (χ3n) is 5.41. The Morgan fingerprint density at radius 3 is 2.67 bits per heavy atom. The molecule has 0 radical (unpaired) electrons. The minimum Gasteiger partial charge on any atom is -0.382 e. The number of likely N-dealkylation sites (N-methyl/N-ethyl adjacent to an activating group) is 1. The summed E-state index contributed by atoms with van der Waals surface area (Å²) in [6.45, 7) is 3.59. The number of nitrogens with two attached hydrogens (primary N) is 1. The molecule has 146 valence electrons. The Morgan fingerprint density at radius 2 is 2.00 bits per heavy atom. The van der Waals surface area contributed by atoms with Gasteiger partial charge in [-0.05, 0) is 26.6 Å². The summed E-state index contributed by atoms with van der Waals surface area (Å²) in [5.41, 5.74) is 5.72. The lowest BCUT2D eigenvalue weighted by Crippen LogP contribution is -2.48. The fourth-order valence-corrected chi connectivity index (χ4v) is 3.95. The van der Waals surface area contributed by atoms with Crippen LogP contribution in [0.5, 0.6) is 0 Å². The van der Waals surface area contributed by atoms with Crippen molar-refractivity contribution in [3.8, 4) is 0 Å². The van der Waals surface area contributed by atoms with Crippen molar-refractivity contribution in [2.24, 2.45) is 0 Å². The smallest absolute Gasteiger partial charge is 0.145 e. The highest BCUT2D eigenvalue weighted by Crippen LogP contribution is 2.31. The minimum atomic E-state index is 0.243. The molecule has 0 spiro atoms.